The Kier molecular flexibility index (Phi) is 4.90. The third-order valence-electron chi connectivity index (χ3n) is 0.789. The third kappa shape index (κ3) is 3.22. The predicted octanol–water partition coefficient (Wildman–Crippen LogP) is 2.22. The van der Waals surface area contributed by atoms with Crippen LogP contribution >= 0.6 is 9.29 Å². The summed E-state index contributed by atoms with van der Waals surface area (Å²) in [5.74, 6) is 0. The van der Waals surface area contributed by atoms with Crippen LogP contribution in [-0.2, 0) is 0 Å². The molecular weight excluding hydrogens is 199 g/mol. The zero-order valence-corrected chi connectivity index (χ0v) is 7.99. The minimum absolute atomic E-state index is 1.03. The maximum atomic E-state index is 5.14. The van der Waals surface area contributed by atoms with Crippen molar-refractivity contribution < 1.29 is 0 Å². The molecule has 0 aliphatic rings. The van der Waals surface area contributed by atoms with E-state index < -0.39 is 17.8 Å². The van der Waals surface area contributed by atoms with E-state index in [4.69, 9.17) is 9.29 Å². The molecule has 2 heteroatoms. The second-order valence-corrected chi connectivity index (χ2v) is 12.2. The second kappa shape index (κ2) is 4.18. The van der Waals surface area contributed by atoms with Crippen molar-refractivity contribution >= 4 is 27.1 Å². The Hall–Kier alpha value is 1.02. The van der Waals surface area contributed by atoms with Gasteiger partial charge in [0.25, 0.3) is 0 Å². The zero-order valence-electron chi connectivity index (χ0n) is 4.32. The summed E-state index contributed by atoms with van der Waals surface area (Å²) in [6.45, 7) is 4.43. The van der Waals surface area contributed by atoms with Gasteiger partial charge in [-0.1, -0.05) is 0 Å². The molecule has 6 heavy (non-hydrogen) atoms. The van der Waals surface area contributed by atoms with Crippen LogP contribution in [0.5, 0.6) is 0 Å². The van der Waals surface area contributed by atoms with Crippen molar-refractivity contribution in [3.05, 3.63) is 0 Å². The van der Waals surface area contributed by atoms with Gasteiger partial charge < -0.3 is 0 Å². The molecule has 0 radical (unpaired) electrons. The van der Waals surface area contributed by atoms with E-state index in [-0.39, 0.29) is 0 Å². The summed E-state index contributed by atoms with van der Waals surface area (Å²) in [6, 6.07) is 0. The summed E-state index contributed by atoms with van der Waals surface area (Å²) < 4.78 is 2.68. The fourth-order valence-electron chi connectivity index (χ4n) is 0.250. The van der Waals surface area contributed by atoms with Gasteiger partial charge in [0.2, 0.25) is 0 Å². The summed E-state index contributed by atoms with van der Waals surface area (Å²) in [4.78, 5) is 0. The van der Waals surface area contributed by atoms with Gasteiger partial charge in [0.1, 0.15) is 0 Å². The molecule has 0 aliphatic carbocycles. The molecule has 0 N–H and O–H groups in total. The van der Waals surface area contributed by atoms with E-state index in [2.05, 4.69) is 13.8 Å². The van der Waals surface area contributed by atoms with Crippen molar-refractivity contribution in [1.29, 1.82) is 0 Å². The molecule has 0 aromatic heterocycles. The summed E-state index contributed by atoms with van der Waals surface area (Å²) >= 11 is -1.03. The molecule has 0 spiro atoms. The Balaban J connectivity index is 2.99. The first kappa shape index (κ1) is 7.02. The average molecular weight is 209 g/mol. The Morgan fingerprint density at radius 3 is 1.67 bits per heavy atom. The van der Waals surface area contributed by atoms with Crippen LogP contribution in [0.25, 0.3) is 0 Å². The molecule has 0 bridgehead atoms. The fraction of sp³-hybridized carbons (Fsp3) is 1.00. The molecule has 0 atom stereocenters. The van der Waals surface area contributed by atoms with Gasteiger partial charge in [-0.3, -0.25) is 0 Å². The minimum atomic E-state index is -1.03. The van der Waals surface area contributed by atoms with E-state index in [0.717, 1.165) is 0 Å². The monoisotopic (exact) mass is 210 g/mol. The van der Waals surface area contributed by atoms with Crippen molar-refractivity contribution in [2.75, 3.05) is 0 Å². The summed E-state index contributed by atoms with van der Waals surface area (Å²) in [6.07, 6.45) is 0. The van der Waals surface area contributed by atoms with Crippen LogP contribution in [0.4, 0.5) is 0 Å². The van der Waals surface area contributed by atoms with Crippen LogP contribution in [0.2, 0.25) is 8.87 Å². The molecular formula is C4H10SSn. The Labute approximate surface area is 49.8 Å². The molecule has 0 heterocycles. The van der Waals surface area contributed by atoms with Crippen molar-refractivity contribution in [2.45, 2.75) is 22.7 Å². The van der Waals surface area contributed by atoms with Gasteiger partial charge in [0.15, 0.2) is 0 Å². The molecule has 0 saturated heterocycles. The summed E-state index contributed by atoms with van der Waals surface area (Å²) in [5.41, 5.74) is 0. The van der Waals surface area contributed by atoms with Gasteiger partial charge in [0.05, 0.1) is 0 Å². The molecule has 0 nitrogen and oxygen atoms in total. The normalized spacial score (nSPS) is 8.33. The summed E-state index contributed by atoms with van der Waals surface area (Å²) in [5, 5.41) is 0. The van der Waals surface area contributed by atoms with Crippen molar-refractivity contribution in [2.24, 2.45) is 0 Å². The van der Waals surface area contributed by atoms with Crippen LogP contribution in [-0.4, -0.2) is 17.8 Å². The number of rotatable bonds is 2. The van der Waals surface area contributed by atoms with Gasteiger partial charge in [-0.05, 0) is 0 Å². The predicted molar refractivity (Wildman–Crippen MR) is 34.3 cm³/mol. The van der Waals surface area contributed by atoms with Crippen LogP contribution < -0.4 is 0 Å². The molecule has 0 rings (SSSR count). The van der Waals surface area contributed by atoms with E-state index in [1.807, 2.05) is 0 Å². The topological polar surface area (TPSA) is 0 Å². The summed E-state index contributed by atoms with van der Waals surface area (Å²) in [7, 11) is 5.14. The third-order valence-corrected chi connectivity index (χ3v) is 9.16. The van der Waals surface area contributed by atoms with Gasteiger partial charge in [-0.25, -0.2) is 0 Å². The van der Waals surface area contributed by atoms with Gasteiger partial charge in [-0.2, -0.15) is 0 Å². The van der Waals surface area contributed by atoms with Gasteiger partial charge in [0, 0.05) is 0 Å². The van der Waals surface area contributed by atoms with E-state index >= 15 is 0 Å². The fourth-order valence-corrected chi connectivity index (χ4v) is 1.68. The first-order valence-electron chi connectivity index (χ1n) is 2.33. The van der Waals surface area contributed by atoms with Gasteiger partial charge >= 0.3 is 49.8 Å². The van der Waals surface area contributed by atoms with E-state index in [1.165, 1.54) is 8.87 Å². The Morgan fingerprint density at radius 2 is 1.67 bits per heavy atom. The first-order valence-corrected chi connectivity index (χ1v) is 10.3. The van der Waals surface area contributed by atoms with Crippen LogP contribution in [0.3, 0.4) is 0 Å². The number of hydrogen-bond donors (Lipinski definition) is 0. The second-order valence-electron chi connectivity index (χ2n) is 1.25. The molecule has 0 aromatic carbocycles. The van der Waals surface area contributed by atoms with Gasteiger partial charge in [-0.15, -0.1) is 0 Å². The quantitative estimate of drug-likeness (QED) is 0.628. The van der Waals surface area contributed by atoms with Crippen LogP contribution in [0.15, 0.2) is 0 Å². The van der Waals surface area contributed by atoms with Crippen molar-refractivity contribution in [3.8, 4) is 0 Å². The molecule has 36 valence electrons. The average Bonchev–Trinajstić information content (AvgIpc) is 1.65. The molecule has 0 aliphatic heterocycles. The zero-order chi connectivity index (χ0) is 4.99. The molecule has 0 unspecified atom stereocenters. The molecule has 0 aromatic rings. The van der Waals surface area contributed by atoms with E-state index in [0.29, 0.717) is 0 Å². The SMILES string of the molecule is C[CH2][Sn](=[S])[CH2]C. The molecule has 0 amide bonds. The maximum absolute atomic E-state index is 5.14. The molecule has 0 saturated carbocycles. The Morgan fingerprint density at radius 1 is 1.33 bits per heavy atom. The first-order chi connectivity index (χ1) is 2.81. The van der Waals surface area contributed by atoms with Crippen LogP contribution in [0.1, 0.15) is 13.8 Å². The van der Waals surface area contributed by atoms with E-state index in [9.17, 15) is 0 Å². The van der Waals surface area contributed by atoms with E-state index in [1.54, 1.807) is 0 Å². The van der Waals surface area contributed by atoms with Crippen molar-refractivity contribution in [3.63, 3.8) is 0 Å². The van der Waals surface area contributed by atoms with Crippen LogP contribution in [0, 0.1) is 0 Å². The Bertz CT molecular complexity index is 45.5. The molecule has 0 fully saturated rings. The number of hydrogen-bond acceptors (Lipinski definition) is 1. The van der Waals surface area contributed by atoms with Crippen molar-refractivity contribution in [1.82, 2.24) is 0 Å². The standard InChI is InChI=1S/2C2H5.S.Sn/c2*1-2;;/h2*1H2,2H3;;.